The molecule has 0 radical (unpaired) electrons. The molecule has 0 fully saturated rings. The molecular formula is C14H11BrN4O2S. The van der Waals surface area contributed by atoms with Crippen LogP contribution in [0.3, 0.4) is 0 Å². The molecule has 6 nitrogen and oxygen atoms in total. The molecule has 3 aromatic rings. The van der Waals surface area contributed by atoms with Gasteiger partial charge in [-0.2, -0.15) is 0 Å². The van der Waals surface area contributed by atoms with E-state index in [4.69, 9.17) is 4.42 Å². The molecule has 22 heavy (non-hydrogen) atoms. The molecule has 0 bridgehead atoms. The first-order chi connectivity index (χ1) is 10.6. The van der Waals surface area contributed by atoms with Crippen molar-refractivity contribution >= 4 is 39.3 Å². The zero-order valence-corrected chi connectivity index (χ0v) is 13.9. The first-order valence-electron chi connectivity index (χ1n) is 6.29. The molecule has 2 heterocycles. The molecular weight excluding hydrogens is 368 g/mol. The second kappa shape index (κ2) is 6.37. The number of anilines is 1. The van der Waals surface area contributed by atoms with Gasteiger partial charge in [-0.1, -0.05) is 0 Å². The molecule has 0 saturated carbocycles. The Morgan fingerprint density at radius 1 is 1.36 bits per heavy atom. The Morgan fingerprint density at radius 2 is 2.14 bits per heavy atom. The summed E-state index contributed by atoms with van der Waals surface area (Å²) in [6.45, 7) is 0. The Balaban J connectivity index is 1.66. The number of halogens is 1. The van der Waals surface area contributed by atoms with Crippen LogP contribution in [0.25, 0.3) is 0 Å². The maximum atomic E-state index is 12.0. The van der Waals surface area contributed by atoms with Gasteiger partial charge in [-0.3, -0.25) is 4.79 Å². The maximum absolute atomic E-state index is 12.0. The SMILES string of the molecule is Cn1cnnc1Sc1ccc(NC(=O)c2coc(Br)c2)cc1. The predicted octanol–water partition coefficient (Wildman–Crippen LogP) is 3.57. The lowest BCUT2D eigenvalue weighted by Gasteiger charge is -2.05. The van der Waals surface area contributed by atoms with E-state index in [-0.39, 0.29) is 5.91 Å². The van der Waals surface area contributed by atoms with Crippen molar-refractivity contribution in [1.29, 1.82) is 0 Å². The van der Waals surface area contributed by atoms with Crippen molar-refractivity contribution < 1.29 is 9.21 Å². The molecule has 1 aromatic carbocycles. The Hall–Kier alpha value is -2.06. The van der Waals surface area contributed by atoms with E-state index in [1.165, 1.54) is 18.0 Å². The van der Waals surface area contributed by atoms with Gasteiger partial charge in [0, 0.05) is 23.7 Å². The lowest BCUT2D eigenvalue weighted by atomic mass is 10.3. The molecule has 1 amide bonds. The normalized spacial score (nSPS) is 10.6. The van der Waals surface area contributed by atoms with E-state index in [0.29, 0.717) is 15.9 Å². The zero-order valence-electron chi connectivity index (χ0n) is 11.5. The number of carbonyl (C=O) groups excluding carboxylic acids is 1. The summed E-state index contributed by atoms with van der Waals surface area (Å²) in [6, 6.07) is 9.13. The summed E-state index contributed by atoms with van der Waals surface area (Å²) < 4.78 is 7.42. The molecule has 1 N–H and O–H groups in total. The predicted molar refractivity (Wildman–Crippen MR) is 85.9 cm³/mol. The third-order valence-corrected chi connectivity index (χ3v) is 4.30. The van der Waals surface area contributed by atoms with Gasteiger partial charge in [-0.15, -0.1) is 10.2 Å². The number of amides is 1. The number of nitrogens with zero attached hydrogens (tertiary/aromatic N) is 3. The van der Waals surface area contributed by atoms with Gasteiger partial charge in [0.1, 0.15) is 12.6 Å². The van der Waals surface area contributed by atoms with Crippen LogP contribution in [0.5, 0.6) is 0 Å². The van der Waals surface area contributed by atoms with Crippen molar-refractivity contribution in [3.63, 3.8) is 0 Å². The molecule has 0 saturated heterocycles. The summed E-state index contributed by atoms with van der Waals surface area (Å²) in [7, 11) is 1.89. The monoisotopic (exact) mass is 378 g/mol. The highest BCUT2D eigenvalue weighted by Crippen LogP contribution is 2.26. The average Bonchev–Trinajstić information content (AvgIpc) is 3.10. The Kier molecular flexibility index (Phi) is 4.30. The number of hydrogen-bond donors (Lipinski definition) is 1. The summed E-state index contributed by atoms with van der Waals surface area (Å²) in [6.07, 6.45) is 3.05. The summed E-state index contributed by atoms with van der Waals surface area (Å²) in [4.78, 5) is 13.0. The minimum absolute atomic E-state index is 0.219. The zero-order chi connectivity index (χ0) is 15.5. The largest absolute Gasteiger partial charge is 0.457 e. The van der Waals surface area contributed by atoms with Crippen LogP contribution in [-0.4, -0.2) is 20.7 Å². The van der Waals surface area contributed by atoms with Crippen LogP contribution in [-0.2, 0) is 7.05 Å². The fraction of sp³-hybridized carbons (Fsp3) is 0.0714. The molecule has 3 rings (SSSR count). The van der Waals surface area contributed by atoms with E-state index in [9.17, 15) is 4.79 Å². The van der Waals surface area contributed by atoms with Crippen LogP contribution < -0.4 is 5.32 Å². The number of nitrogens with one attached hydrogen (secondary N) is 1. The quantitative estimate of drug-likeness (QED) is 0.750. The minimum atomic E-state index is -0.219. The van der Waals surface area contributed by atoms with Gasteiger partial charge >= 0.3 is 0 Å². The van der Waals surface area contributed by atoms with Crippen molar-refractivity contribution in [1.82, 2.24) is 14.8 Å². The number of hydrogen-bond acceptors (Lipinski definition) is 5. The molecule has 0 aliphatic carbocycles. The molecule has 8 heteroatoms. The number of aryl methyl sites for hydroxylation is 1. The highest BCUT2D eigenvalue weighted by Gasteiger charge is 2.10. The van der Waals surface area contributed by atoms with Crippen LogP contribution in [0.15, 0.2) is 62.1 Å². The van der Waals surface area contributed by atoms with Crippen LogP contribution in [0.4, 0.5) is 5.69 Å². The van der Waals surface area contributed by atoms with Crippen molar-refractivity contribution in [3.05, 3.63) is 53.2 Å². The van der Waals surface area contributed by atoms with E-state index in [2.05, 4.69) is 31.4 Å². The lowest BCUT2D eigenvalue weighted by Crippen LogP contribution is -2.10. The van der Waals surface area contributed by atoms with Gasteiger partial charge in [-0.25, -0.2) is 0 Å². The third kappa shape index (κ3) is 3.40. The van der Waals surface area contributed by atoms with E-state index in [1.54, 1.807) is 12.4 Å². The topological polar surface area (TPSA) is 73.0 Å². The summed E-state index contributed by atoms with van der Waals surface area (Å²) in [5, 5.41) is 11.5. The summed E-state index contributed by atoms with van der Waals surface area (Å²) in [5.74, 6) is -0.219. The fourth-order valence-corrected chi connectivity index (χ4v) is 2.81. The summed E-state index contributed by atoms with van der Waals surface area (Å²) >= 11 is 4.67. The molecule has 0 aliphatic rings. The standard InChI is InChI=1S/C14H11BrN4O2S/c1-19-8-16-18-14(19)22-11-4-2-10(3-5-11)17-13(20)9-6-12(15)21-7-9/h2-8H,1H3,(H,17,20). The van der Waals surface area contributed by atoms with Gasteiger partial charge in [-0.05, 0) is 52.0 Å². The van der Waals surface area contributed by atoms with Crippen LogP contribution in [0, 0.1) is 0 Å². The second-order valence-electron chi connectivity index (χ2n) is 4.44. The lowest BCUT2D eigenvalue weighted by molar-refractivity contribution is 0.102. The Morgan fingerprint density at radius 3 is 2.73 bits per heavy atom. The Bertz CT molecular complexity index is 797. The number of benzene rings is 1. The van der Waals surface area contributed by atoms with Gasteiger partial charge in [0.05, 0.1) is 5.56 Å². The van der Waals surface area contributed by atoms with Crippen molar-refractivity contribution in [2.24, 2.45) is 7.05 Å². The van der Waals surface area contributed by atoms with Gasteiger partial charge in [0.2, 0.25) is 0 Å². The highest BCUT2D eigenvalue weighted by atomic mass is 79.9. The number of furan rings is 1. The summed E-state index contributed by atoms with van der Waals surface area (Å²) in [5.41, 5.74) is 1.18. The van der Waals surface area contributed by atoms with Crippen LogP contribution >= 0.6 is 27.7 Å². The van der Waals surface area contributed by atoms with Gasteiger partial charge in [0.25, 0.3) is 5.91 Å². The first-order valence-corrected chi connectivity index (χ1v) is 7.90. The minimum Gasteiger partial charge on any atom is -0.457 e. The number of aromatic nitrogens is 3. The molecule has 0 spiro atoms. The smallest absolute Gasteiger partial charge is 0.258 e. The fourth-order valence-electron chi connectivity index (χ4n) is 1.71. The number of carbonyl (C=O) groups is 1. The van der Waals surface area contributed by atoms with Crippen molar-refractivity contribution in [3.8, 4) is 0 Å². The van der Waals surface area contributed by atoms with Crippen LogP contribution in [0.1, 0.15) is 10.4 Å². The molecule has 0 atom stereocenters. The molecule has 112 valence electrons. The van der Waals surface area contributed by atoms with E-state index in [0.717, 1.165) is 10.1 Å². The van der Waals surface area contributed by atoms with Crippen LogP contribution in [0.2, 0.25) is 0 Å². The van der Waals surface area contributed by atoms with E-state index in [1.807, 2.05) is 35.9 Å². The molecule has 0 unspecified atom stereocenters. The molecule has 0 aliphatic heterocycles. The van der Waals surface area contributed by atoms with E-state index >= 15 is 0 Å². The average molecular weight is 379 g/mol. The van der Waals surface area contributed by atoms with Gasteiger partial charge in [0.15, 0.2) is 9.83 Å². The molecule has 2 aromatic heterocycles. The third-order valence-electron chi connectivity index (χ3n) is 2.82. The van der Waals surface area contributed by atoms with Crippen molar-refractivity contribution in [2.75, 3.05) is 5.32 Å². The maximum Gasteiger partial charge on any atom is 0.258 e. The van der Waals surface area contributed by atoms with E-state index < -0.39 is 0 Å². The van der Waals surface area contributed by atoms with Crippen molar-refractivity contribution in [2.45, 2.75) is 10.1 Å². The second-order valence-corrected chi connectivity index (χ2v) is 6.27. The highest BCUT2D eigenvalue weighted by molar-refractivity contribution is 9.10. The number of rotatable bonds is 4. The Labute approximate surface area is 139 Å². The first kappa shape index (κ1) is 14.9. The van der Waals surface area contributed by atoms with Gasteiger partial charge < -0.3 is 14.3 Å².